The van der Waals surface area contributed by atoms with Crippen LogP contribution < -0.4 is 4.90 Å². The summed E-state index contributed by atoms with van der Waals surface area (Å²) in [6.45, 7) is 11.1. The third-order valence-corrected chi connectivity index (χ3v) is 4.08. The number of rotatable bonds is 8. The maximum Gasteiger partial charge on any atom is 0.123 e. The topological polar surface area (TPSA) is 3.24 Å². The third kappa shape index (κ3) is 5.82. The number of benzene rings is 1. The minimum Gasteiger partial charge on any atom is -0.371 e. The largest absolute Gasteiger partial charge is 0.371 e. The summed E-state index contributed by atoms with van der Waals surface area (Å²) in [5, 5.41) is 0.694. The minimum absolute atomic E-state index is 0.157. The number of hydrogen-bond donors (Lipinski definition) is 0. The van der Waals surface area contributed by atoms with Crippen molar-refractivity contribution in [3.05, 3.63) is 29.6 Å². The molecule has 0 heterocycles. The van der Waals surface area contributed by atoms with Gasteiger partial charge in [0.05, 0.1) is 0 Å². The van der Waals surface area contributed by atoms with Gasteiger partial charge in [-0.3, -0.25) is 0 Å². The average Bonchev–Trinajstić information content (AvgIpc) is 2.38. The molecule has 1 rings (SSSR count). The second-order valence-electron chi connectivity index (χ2n) is 6.26. The molecule has 0 aliphatic rings. The fourth-order valence-electron chi connectivity index (χ4n) is 2.15. The predicted octanol–water partition coefficient (Wildman–Crippen LogP) is 5.62. The second kappa shape index (κ2) is 8.66. The van der Waals surface area contributed by atoms with Gasteiger partial charge in [0.25, 0.3) is 0 Å². The molecular weight excluding hydrogens is 317 g/mol. The lowest BCUT2D eigenvalue weighted by Gasteiger charge is -2.28. The van der Waals surface area contributed by atoms with E-state index >= 15 is 0 Å². The first-order valence-electron chi connectivity index (χ1n) is 7.53. The van der Waals surface area contributed by atoms with Gasteiger partial charge < -0.3 is 4.90 Å². The lowest BCUT2D eigenvalue weighted by Crippen LogP contribution is -2.28. The quantitative estimate of drug-likeness (QED) is 0.553. The van der Waals surface area contributed by atoms with Crippen LogP contribution in [-0.4, -0.2) is 13.1 Å². The molecule has 0 saturated heterocycles. The Morgan fingerprint density at radius 1 is 1.05 bits per heavy atom. The summed E-state index contributed by atoms with van der Waals surface area (Å²) >= 11 is 3.48. The fourth-order valence-corrected chi connectivity index (χ4v) is 2.60. The summed E-state index contributed by atoms with van der Waals surface area (Å²) < 4.78 is 13.4. The van der Waals surface area contributed by atoms with Crippen molar-refractivity contribution in [2.45, 2.75) is 45.9 Å². The van der Waals surface area contributed by atoms with Gasteiger partial charge in [-0.25, -0.2) is 4.39 Å². The number of nitrogens with zero attached hydrogens (tertiary/aromatic N) is 1. The summed E-state index contributed by atoms with van der Waals surface area (Å²) in [5.41, 5.74) is 2.21. The van der Waals surface area contributed by atoms with Crippen molar-refractivity contribution < 1.29 is 4.39 Å². The minimum atomic E-state index is -0.157. The van der Waals surface area contributed by atoms with E-state index in [1.807, 2.05) is 6.07 Å². The van der Waals surface area contributed by atoms with E-state index < -0.39 is 0 Å². The molecule has 3 heteroatoms. The van der Waals surface area contributed by atoms with Gasteiger partial charge in [-0.15, -0.1) is 0 Å². The molecule has 1 aromatic carbocycles. The molecule has 0 N–H and O–H groups in total. The molecule has 114 valence electrons. The van der Waals surface area contributed by atoms with E-state index in [-0.39, 0.29) is 5.82 Å². The number of hydrogen-bond acceptors (Lipinski definition) is 1. The van der Waals surface area contributed by atoms with Crippen LogP contribution in [0, 0.1) is 17.7 Å². The Kier molecular flexibility index (Phi) is 7.57. The first-order chi connectivity index (χ1) is 9.43. The number of halogens is 2. The van der Waals surface area contributed by atoms with Crippen LogP contribution in [-0.2, 0) is 5.33 Å². The van der Waals surface area contributed by atoms with Crippen LogP contribution in [0.2, 0.25) is 0 Å². The Labute approximate surface area is 131 Å². The van der Waals surface area contributed by atoms with Crippen LogP contribution in [0.15, 0.2) is 18.2 Å². The standard InChI is InChI=1S/C17H27BrFN/c1-13(2)7-9-20(10-8-14(3)4)17-6-5-16(19)11-15(17)12-18/h5-6,11,13-14H,7-10,12H2,1-4H3. The number of alkyl halides is 1. The molecule has 0 aromatic heterocycles. The lowest BCUT2D eigenvalue weighted by molar-refractivity contribution is 0.534. The Bertz CT molecular complexity index is 392. The number of anilines is 1. The van der Waals surface area contributed by atoms with Crippen molar-refractivity contribution in [1.82, 2.24) is 0 Å². The zero-order valence-corrected chi connectivity index (χ0v) is 14.7. The summed E-state index contributed by atoms with van der Waals surface area (Å²) in [5.74, 6) is 1.21. The van der Waals surface area contributed by atoms with Crippen LogP contribution in [0.3, 0.4) is 0 Å². The maximum absolute atomic E-state index is 13.4. The first kappa shape index (κ1) is 17.5. The molecule has 0 bridgehead atoms. The molecule has 0 spiro atoms. The predicted molar refractivity (Wildman–Crippen MR) is 90.2 cm³/mol. The molecule has 0 fully saturated rings. The zero-order valence-electron chi connectivity index (χ0n) is 13.1. The van der Waals surface area contributed by atoms with E-state index in [4.69, 9.17) is 0 Å². The van der Waals surface area contributed by atoms with Crippen LogP contribution in [0.25, 0.3) is 0 Å². The van der Waals surface area contributed by atoms with Crippen molar-refractivity contribution in [2.24, 2.45) is 11.8 Å². The van der Waals surface area contributed by atoms with Crippen molar-refractivity contribution in [3.8, 4) is 0 Å². The van der Waals surface area contributed by atoms with E-state index in [9.17, 15) is 4.39 Å². The summed E-state index contributed by atoms with van der Waals surface area (Å²) in [4.78, 5) is 2.41. The zero-order chi connectivity index (χ0) is 15.1. The van der Waals surface area contributed by atoms with Crippen LogP contribution >= 0.6 is 15.9 Å². The van der Waals surface area contributed by atoms with Gasteiger partial charge >= 0.3 is 0 Å². The van der Waals surface area contributed by atoms with E-state index in [0.717, 1.165) is 31.5 Å². The maximum atomic E-state index is 13.4. The van der Waals surface area contributed by atoms with Gasteiger partial charge in [-0.05, 0) is 48.4 Å². The molecule has 0 aliphatic carbocycles. The SMILES string of the molecule is CC(C)CCN(CCC(C)C)c1ccc(F)cc1CBr. The fraction of sp³-hybridized carbons (Fsp3) is 0.647. The molecule has 0 unspecified atom stereocenters. The highest BCUT2D eigenvalue weighted by Crippen LogP contribution is 2.25. The summed E-state index contributed by atoms with van der Waals surface area (Å²) in [7, 11) is 0. The third-order valence-electron chi connectivity index (χ3n) is 3.48. The summed E-state index contributed by atoms with van der Waals surface area (Å²) in [6, 6.07) is 5.13. The highest BCUT2D eigenvalue weighted by molar-refractivity contribution is 9.08. The van der Waals surface area contributed by atoms with E-state index in [1.165, 1.54) is 5.69 Å². The average molecular weight is 344 g/mol. The molecule has 0 saturated carbocycles. The molecule has 20 heavy (non-hydrogen) atoms. The van der Waals surface area contributed by atoms with Crippen molar-refractivity contribution >= 4 is 21.6 Å². The van der Waals surface area contributed by atoms with Gasteiger partial charge in [-0.1, -0.05) is 43.6 Å². The van der Waals surface area contributed by atoms with Crippen LogP contribution in [0.5, 0.6) is 0 Å². The van der Waals surface area contributed by atoms with Gasteiger partial charge in [-0.2, -0.15) is 0 Å². The molecule has 1 aromatic rings. The van der Waals surface area contributed by atoms with E-state index in [2.05, 4.69) is 48.5 Å². The Morgan fingerprint density at radius 2 is 1.60 bits per heavy atom. The van der Waals surface area contributed by atoms with Crippen LogP contribution in [0.4, 0.5) is 10.1 Å². The Morgan fingerprint density at radius 3 is 2.05 bits per heavy atom. The molecule has 0 radical (unpaired) electrons. The molecule has 0 amide bonds. The first-order valence-corrected chi connectivity index (χ1v) is 8.65. The molecule has 0 atom stereocenters. The molecule has 1 nitrogen and oxygen atoms in total. The molecule has 0 aliphatic heterocycles. The smallest absolute Gasteiger partial charge is 0.123 e. The normalized spacial score (nSPS) is 11.4. The van der Waals surface area contributed by atoms with Gasteiger partial charge in [0.2, 0.25) is 0 Å². The van der Waals surface area contributed by atoms with Crippen molar-refractivity contribution in [3.63, 3.8) is 0 Å². The van der Waals surface area contributed by atoms with Crippen LogP contribution in [0.1, 0.15) is 46.1 Å². The Hall–Kier alpha value is -0.570. The van der Waals surface area contributed by atoms with Crippen molar-refractivity contribution in [1.29, 1.82) is 0 Å². The highest BCUT2D eigenvalue weighted by atomic mass is 79.9. The Balaban J connectivity index is 2.89. The van der Waals surface area contributed by atoms with Gasteiger partial charge in [0, 0.05) is 24.1 Å². The second-order valence-corrected chi connectivity index (χ2v) is 6.82. The van der Waals surface area contributed by atoms with E-state index in [1.54, 1.807) is 12.1 Å². The monoisotopic (exact) mass is 343 g/mol. The molecular formula is C17H27BrFN. The summed E-state index contributed by atoms with van der Waals surface area (Å²) in [6.07, 6.45) is 2.33. The highest BCUT2D eigenvalue weighted by Gasteiger charge is 2.13. The van der Waals surface area contributed by atoms with Gasteiger partial charge in [0.15, 0.2) is 0 Å². The van der Waals surface area contributed by atoms with Gasteiger partial charge in [0.1, 0.15) is 5.82 Å². The lowest BCUT2D eigenvalue weighted by atomic mass is 10.1. The van der Waals surface area contributed by atoms with E-state index in [0.29, 0.717) is 17.2 Å². The van der Waals surface area contributed by atoms with Crippen molar-refractivity contribution in [2.75, 3.05) is 18.0 Å².